The van der Waals surface area contributed by atoms with E-state index in [9.17, 15) is 8.78 Å². The van der Waals surface area contributed by atoms with Gasteiger partial charge in [0, 0.05) is 10.9 Å². The Bertz CT molecular complexity index is 406. The van der Waals surface area contributed by atoms with Gasteiger partial charge in [-0.2, -0.15) is 0 Å². The van der Waals surface area contributed by atoms with Gasteiger partial charge in [-0.05, 0) is 30.7 Å². The molecule has 0 spiro atoms. The Morgan fingerprint density at radius 3 is 2.40 bits per heavy atom. The summed E-state index contributed by atoms with van der Waals surface area (Å²) >= 11 is 3.29. The van der Waals surface area contributed by atoms with Crippen LogP contribution in [0, 0.1) is 0 Å². The number of hydrogen-bond donors (Lipinski definition) is 0. The number of rotatable bonds is 2. The summed E-state index contributed by atoms with van der Waals surface area (Å²) < 4.78 is 32.2. The highest BCUT2D eigenvalue weighted by Crippen LogP contribution is 2.61. The van der Waals surface area contributed by atoms with E-state index in [4.69, 9.17) is 4.74 Å². The van der Waals surface area contributed by atoms with Gasteiger partial charge in [-0.25, -0.2) is 8.78 Å². The Kier molecular flexibility index (Phi) is 2.30. The molecule has 1 nitrogen and oxygen atoms in total. The Morgan fingerprint density at radius 2 is 1.93 bits per heavy atom. The lowest BCUT2D eigenvalue weighted by Crippen LogP contribution is -2.11. The maximum absolute atomic E-state index is 13.2. The highest BCUT2D eigenvalue weighted by atomic mass is 79.9. The molecule has 1 fully saturated rings. The first-order chi connectivity index (χ1) is 6.89. The summed E-state index contributed by atoms with van der Waals surface area (Å²) in [5.41, 5.74) is -0.400. The van der Waals surface area contributed by atoms with Gasteiger partial charge in [0.25, 0.3) is 5.92 Å². The van der Waals surface area contributed by atoms with Crippen LogP contribution in [0.4, 0.5) is 8.78 Å². The van der Waals surface area contributed by atoms with Gasteiger partial charge in [0.15, 0.2) is 0 Å². The summed E-state index contributed by atoms with van der Waals surface area (Å²) in [5.74, 6) is -1.98. The summed E-state index contributed by atoms with van der Waals surface area (Å²) in [4.78, 5) is 0. The molecule has 1 unspecified atom stereocenters. The van der Waals surface area contributed by atoms with Crippen molar-refractivity contribution in [3.63, 3.8) is 0 Å². The molecule has 82 valence electrons. The van der Waals surface area contributed by atoms with Crippen molar-refractivity contribution in [1.29, 1.82) is 0 Å². The molecule has 1 aromatic carbocycles. The summed E-state index contributed by atoms with van der Waals surface area (Å²) in [6.45, 7) is 1.58. The second-order valence-corrected chi connectivity index (χ2v) is 5.01. The molecule has 4 heteroatoms. The van der Waals surface area contributed by atoms with E-state index in [0.29, 0.717) is 11.3 Å². The fraction of sp³-hybridized carbons (Fsp3) is 0.455. The molecular weight excluding hydrogens is 266 g/mol. The third-order valence-corrected chi connectivity index (χ3v) is 3.46. The topological polar surface area (TPSA) is 9.23 Å². The molecule has 0 aromatic heterocycles. The van der Waals surface area contributed by atoms with Gasteiger partial charge in [0.2, 0.25) is 0 Å². The van der Waals surface area contributed by atoms with Gasteiger partial charge in [-0.15, -0.1) is 0 Å². The van der Waals surface area contributed by atoms with Crippen molar-refractivity contribution in [2.45, 2.75) is 24.7 Å². The normalized spacial score (nSPS) is 27.5. The zero-order chi connectivity index (χ0) is 11.3. The van der Waals surface area contributed by atoms with Crippen LogP contribution in [0.2, 0.25) is 0 Å². The molecule has 0 bridgehead atoms. The van der Waals surface area contributed by atoms with Crippen LogP contribution in [0.15, 0.2) is 22.7 Å². The molecule has 0 saturated heterocycles. The minimum Gasteiger partial charge on any atom is -0.497 e. The van der Waals surface area contributed by atoms with Crippen molar-refractivity contribution in [2.24, 2.45) is 0 Å². The lowest BCUT2D eigenvalue weighted by Gasteiger charge is -2.12. The lowest BCUT2D eigenvalue weighted by atomic mass is 9.97. The van der Waals surface area contributed by atoms with E-state index in [2.05, 4.69) is 15.9 Å². The van der Waals surface area contributed by atoms with Crippen molar-refractivity contribution in [3.05, 3.63) is 28.2 Å². The van der Waals surface area contributed by atoms with Gasteiger partial charge in [-0.3, -0.25) is 0 Å². The maximum atomic E-state index is 13.2. The van der Waals surface area contributed by atoms with Crippen LogP contribution in [0.5, 0.6) is 5.75 Å². The SMILES string of the molecule is COc1cc(Br)cc(C2(C)CC2(F)F)c1. The van der Waals surface area contributed by atoms with E-state index >= 15 is 0 Å². The third-order valence-electron chi connectivity index (χ3n) is 3.00. The highest BCUT2D eigenvalue weighted by Gasteiger charge is 2.68. The summed E-state index contributed by atoms with van der Waals surface area (Å²) in [6, 6.07) is 5.16. The van der Waals surface area contributed by atoms with E-state index in [1.165, 1.54) is 7.11 Å². The van der Waals surface area contributed by atoms with Gasteiger partial charge in [0.05, 0.1) is 12.5 Å². The van der Waals surface area contributed by atoms with Gasteiger partial charge in [-0.1, -0.05) is 15.9 Å². The van der Waals surface area contributed by atoms with Gasteiger partial charge in [0.1, 0.15) is 5.75 Å². The standard InChI is InChI=1S/C11H11BrF2O/c1-10(6-11(10,13)14)7-3-8(12)5-9(4-7)15-2/h3-5H,6H2,1-2H3. The van der Waals surface area contributed by atoms with Gasteiger partial charge < -0.3 is 4.74 Å². The number of methoxy groups -OCH3 is 1. The minimum atomic E-state index is -2.58. The van der Waals surface area contributed by atoms with Crippen molar-refractivity contribution >= 4 is 15.9 Å². The predicted octanol–water partition coefficient (Wildman–Crippen LogP) is 3.75. The summed E-state index contributed by atoms with van der Waals surface area (Å²) in [5, 5.41) is 0. The zero-order valence-electron chi connectivity index (χ0n) is 8.48. The van der Waals surface area contributed by atoms with Crippen LogP contribution >= 0.6 is 15.9 Å². The molecule has 0 amide bonds. The average Bonchev–Trinajstić information content (AvgIpc) is 2.66. The molecule has 0 heterocycles. The van der Waals surface area contributed by atoms with Crippen LogP contribution < -0.4 is 4.74 Å². The van der Waals surface area contributed by atoms with Crippen molar-refractivity contribution < 1.29 is 13.5 Å². The van der Waals surface area contributed by atoms with Crippen LogP contribution in [-0.4, -0.2) is 13.0 Å². The van der Waals surface area contributed by atoms with E-state index in [1.807, 2.05) is 0 Å². The number of hydrogen-bond acceptors (Lipinski definition) is 1. The molecule has 0 N–H and O–H groups in total. The van der Waals surface area contributed by atoms with E-state index < -0.39 is 11.3 Å². The Morgan fingerprint density at radius 1 is 1.33 bits per heavy atom. The first kappa shape index (κ1) is 10.9. The first-order valence-corrected chi connectivity index (χ1v) is 5.41. The summed E-state index contributed by atoms with van der Waals surface area (Å²) in [7, 11) is 1.53. The van der Waals surface area contributed by atoms with Crippen LogP contribution in [0.25, 0.3) is 0 Å². The quantitative estimate of drug-likeness (QED) is 0.799. The molecule has 1 aliphatic rings. The summed E-state index contributed by atoms with van der Waals surface area (Å²) in [6.07, 6.45) is -0.0837. The molecule has 0 radical (unpaired) electrons. The molecule has 1 saturated carbocycles. The van der Waals surface area contributed by atoms with Crippen molar-refractivity contribution in [1.82, 2.24) is 0 Å². The Labute approximate surface area is 95.6 Å². The first-order valence-electron chi connectivity index (χ1n) is 4.62. The van der Waals surface area contributed by atoms with Crippen LogP contribution in [0.3, 0.4) is 0 Å². The highest BCUT2D eigenvalue weighted by molar-refractivity contribution is 9.10. The Balaban J connectivity index is 2.42. The monoisotopic (exact) mass is 276 g/mol. The van der Waals surface area contributed by atoms with Crippen molar-refractivity contribution in [3.8, 4) is 5.75 Å². The molecule has 1 atom stereocenters. The van der Waals surface area contributed by atoms with Crippen molar-refractivity contribution in [2.75, 3.05) is 7.11 Å². The lowest BCUT2D eigenvalue weighted by molar-refractivity contribution is 0.0919. The predicted molar refractivity (Wildman–Crippen MR) is 57.6 cm³/mol. The number of ether oxygens (including phenoxy) is 1. The van der Waals surface area contributed by atoms with E-state index in [-0.39, 0.29) is 6.42 Å². The fourth-order valence-corrected chi connectivity index (χ4v) is 2.18. The molecule has 15 heavy (non-hydrogen) atoms. The second kappa shape index (κ2) is 3.17. The van der Waals surface area contributed by atoms with E-state index in [1.54, 1.807) is 25.1 Å². The second-order valence-electron chi connectivity index (χ2n) is 4.09. The van der Waals surface area contributed by atoms with Crippen LogP contribution in [-0.2, 0) is 5.41 Å². The molecule has 0 aliphatic heterocycles. The third kappa shape index (κ3) is 1.65. The zero-order valence-corrected chi connectivity index (χ0v) is 10.1. The minimum absolute atomic E-state index is 0.0837. The smallest absolute Gasteiger partial charge is 0.258 e. The molecule has 1 aromatic rings. The number of halogens is 3. The Hall–Kier alpha value is -0.640. The number of alkyl halides is 2. The number of benzene rings is 1. The molecular formula is C11H11BrF2O. The maximum Gasteiger partial charge on any atom is 0.258 e. The largest absolute Gasteiger partial charge is 0.497 e. The molecule has 2 rings (SSSR count). The van der Waals surface area contributed by atoms with Gasteiger partial charge >= 0.3 is 0 Å². The van der Waals surface area contributed by atoms with Crippen LogP contribution in [0.1, 0.15) is 18.9 Å². The fourth-order valence-electron chi connectivity index (χ4n) is 1.71. The molecule has 1 aliphatic carbocycles. The van der Waals surface area contributed by atoms with E-state index in [0.717, 1.165) is 4.47 Å². The average molecular weight is 277 g/mol.